The van der Waals surface area contributed by atoms with Crippen LogP contribution >= 0.6 is 11.6 Å². The van der Waals surface area contributed by atoms with Crippen molar-refractivity contribution >= 4 is 17.5 Å². The van der Waals surface area contributed by atoms with E-state index in [4.69, 9.17) is 16.7 Å². The first-order valence-corrected chi connectivity index (χ1v) is 6.20. The fraction of sp³-hybridized carbons (Fsp3) is 0.231. The van der Waals surface area contributed by atoms with Gasteiger partial charge in [-0.1, -0.05) is 11.6 Å². The van der Waals surface area contributed by atoms with Crippen LogP contribution in [0.4, 0.5) is 0 Å². The molecule has 0 spiro atoms. The lowest BCUT2D eigenvalue weighted by Crippen LogP contribution is -2.34. The van der Waals surface area contributed by atoms with E-state index in [2.05, 4.69) is 10.4 Å². The molecule has 2 rings (SSSR count). The Labute approximate surface area is 115 Å². The van der Waals surface area contributed by atoms with Crippen LogP contribution in [0, 0.1) is 0 Å². The average molecular weight is 280 g/mol. The molecule has 2 aromatic rings. The molecule has 0 aliphatic heterocycles. The van der Waals surface area contributed by atoms with E-state index in [1.54, 1.807) is 29.9 Å². The monoisotopic (exact) mass is 279 g/mol. The second-order valence-electron chi connectivity index (χ2n) is 4.21. The van der Waals surface area contributed by atoms with Crippen molar-refractivity contribution in [3.63, 3.8) is 0 Å². The van der Waals surface area contributed by atoms with E-state index >= 15 is 0 Å². The van der Waals surface area contributed by atoms with Gasteiger partial charge in [-0.3, -0.25) is 4.79 Å². The number of carbonyl (C=O) groups is 1. The molecule has 0 saturated heterocycles. The van der Waals surface area contributed by atoms with Crippen LogP contribution in [-0.2, 0) is 0 Å². The van der Waals surface area contributed by atoms with Gasteiger partial charge in [0.1, 0.15) is 0 Å². The Morgan fingerprint density at radius 3 is 2.79 bits per heavy atom. The van der Waals surface area contributed by atoms with Crippen molar-refractivity contribution in [1.82, 2.24) is 15.1 Å². The first-order chi connectivity index (χ1) is 9.10. The zero-order valence-electron chi connectivity index (χ0n) is 10.4. The number of benzene rings is 1. The maximum atomic E-state index is 11.8. The van der Waals surface area contributed by atoms with Gasteiger partial charge in [0.05, 0.1) is 24.1 Å². The van der Waals surface area contributed by atoms with Gasteiger partial charge in [-0.25, -0.2) is 4.68 Å². The number of nitrogens with zero attached hydrogens (tertiary/aromatic N) is 2. The number of halogens is 1. The molecular weight excluding hydrogens is 266 g/mol. The standard InChI is InChI=1S/C13H14ClN3O2/c1-9(8-18)16-13(19)10-6-15-17(7-10)12-4-2-11(14)3-5-12/h2-7,9,18H,8H2,1H3,(H,16,19). The molecule has 1 heterocycles. The quantitative estimate of drug-likeness (QED) is 0.894. The number of aliphatic hydroxyl groups is 1. The average Bonchev–Trinajstić information content (AvgIpc) is 2.89. The highest BCUT2D eigenvalue weighted by Gasteiger charge is 2.11. The Morgan fingerprint density at radius 1 is 1.47 bits per heavy atom. The Balaban J connectivity index is 2.15. The van der Waals surface area contributed by atoms with Crippen molar-refractivity contribution in [1.29, 1.82) is 0 Å². The maximum absolute atomic E-state index is 11.8. The first kappa shape index (κ1) is 13.6. The predicted molar refractivity (Wildman–Crippen MR) is 72.6 cm³/mol. The molecule has 19 heavy (non-hydrogen) atoms. The minimum atomic E-state index is -0.286. The first-order valence-electron chi connectivity index (χ1n) is 5.82. The third-order valence-corrected chi connectivity index (χ3v) is 2.84. The van der Waals surface area contributed by atoms with Gasteiger partial charge in [0.2, 0.25) is 0 Å². The van der Waals surface area contributed by atoms with Crippen molar-refractivity contribution in [2.75, 3.05) is 6.61 Å². The highest BCUT2D eigenvalue weighted by molar-refractivity contribution is 6.30. The molecule has 2 N–H and O–H groups in total. The summed E-state index contributed by atoms with van der Waals surface area (Å²) in [6.45, 7) is 1.62. The molecule has 0 aliphatic rings. The normalized spacial score (nSPS) is 12.2. The maximum Gasteiger partial charge on any atom is 0.254 e. The van der Waals surface area contributed by atoms with Gasteiger partial charge in [-0.15, -0.1) is 0 Å². The smallest absolute Gasteiger partial charge is 0.254 e. The number of aliphatic hydroxyl groups excluding tert-OH is 1. The molecule has 100 valence electrons. The van der Waals surface area contributed by atoms with Gasteiger partial charge >= 0.3 is 0 Å². The number of hydrogen-bond donors (Lipinski definition) is 2. The number of hydrogen-bond acceptors (Lipinski definition) is 3. The van der Waals surface area contributed by atoms with E-state index in [1.165, 1.54) is 6.20 Å². The van der Waals surface area contributed by atoms with Crippen LogP contribution in [0.2, 0.25) is 5.02 Å². The number of rotatable bonds is 4. The molecule has 1 aromatic heterocycles. The molecule has 0 saturated carbocycles. The summed E-state index contributed by atoms with van der Waals surface area (Å²) in [5.74, 6) is -0.262. The largest absolute Gasteiger partial charge is 0.394 e. The van der Waals surface area contributed by atoms with E-state index in [9.17, 15) is 4.79 Å². The number of carbonyl (C=O) groups excluding carboxylic acids is 1. The Bertz CT molecular complexity index is 566. The summed E-state index contributed by atoms with van der Waals surface area (Å²) in [4.78, 5) is 11.8. The molecule has 1 amide bonds. The molecule has 0 aliphatic carbocycles. The molecular formula is C13H14ClN3O2. The molecule has 0 fully saturated rings. The van der Waals surface area contributed by atoms with E-state index in [-0.39, 0.29) is 18.6 Å². The molecule has 0 bridgehead atoms. The van der Waals surface area contributed by atoms with Crippen molar-refractivity contribution in [3.8, 4) is 5.69 Å². The Hall–Kier alpha value is -1.85. The fourth-order valence-corrected chi connectivity index (χ4v) is 1.65. The van der Waals surface area contributed by atoms with Crippen LogP contribution < -0.4 is 5.32 Å². The van der Waals surface area contributed by atoms with Crippen molar-refractivity contribution in [2.45, 2.75) is 13.0 Å². The van der Waals surface area contributed by atoms with Crippen molar-refractivity contribution in [2.24, 2.45) is 0 Å². The third-order valence-electron chi connectivity index (χ3n) is 2.59. The molecule has 0 radical (unpaired) electrons. The topological polar surface area (TPSA) is 67.2 Å². The van der Waals surface area contributed by atoms with Gasteiger partial charge in [-0.2, -0.15) is 5.10 Å². The predicted octanol–water partition coefficient (Wildman–Crippen LogP) is 1.64. The number of aromatic nitrogens is 2. The van der Waals surface area contributed by atoms with E-state index in [0.29, 0.717) is 10.6 Å². The molecule has 5 nitrogen and oxygen atoms in total. The summed E-state index contributed by atoms with van der Waals surface area (Å²) in [6, 6.07) is 6.85. The molecule has 1 unspecified atom stereocenters. The number of amides is 1. The van der Waals surface area contributed by atoms with Crippen LogP contribution in [0.1, 0.15) is 17.3 Å². The Morgan fingerprint density at radius 2 is 2.16 bits per heavy atom. The summed E-state index contributed by atoms with van der Waals surface area (Å²) >= 11 is 5.81. The lowest BCUT2D eigenvalue weighted by atomic mass is 10.3. The summed E-state index contributed by atoms with van der Waals surface area (Å²) in [5, 5.41) is 16.3. The van der Waals surface area contributed by atoms with Crippen LogP contribution in [-0.4, -0.2) is 33.4 Å². The molecule has 1 atom stereocenters. The van der Waals surface area contributed by atoms with Crippen LogP contribution in [0.25, 0.3) is 5.69 Å². The third kappa shape index (κ3) is 3.33. The Kier molecular flexibility index (Phi) is 4.19. The zero-order chi connectivity index (χ0) is 13.8. The molecule has 6 heteroatoms. The van der Waals surface area contributed by atoms with E-state index in [1.807, 2.05) is 12.1 Å². The summed E-state index contributed by atoms with van der Waals surface area (Å²) in [5.41, 5.74) is 1.26. The van der Waals surface area contributed by atoms with Gasteiger partial charge < -0.3 is 10.4 Å². The summed E-state index contributed by atoms with van der Waals surface area (Å²) < 4.78 is 1.59. The van der Waals surface area contributed by atoms with E-state index < -0.39 is 0 Å². The van der Waals surface area contributed by atoms with Crippen molar-refractivity contribution < 1.29 is 9.90 Å². The minimum Gasteiger partial charge on any atom is -0.394 e. The second-order valence-corrected chi connectivity index (χ2v) is 4.64. The van der Waals surface area contributed by atoms with Gasteiger partial charge in [0, 0.05) is 17.3 Å². The lowest BCUT2D eigenvalue weighted by Gasteiger charge is -2.08. The van der Waals surface area contributed by atoms with Gasteiger partial charge in [0.15, 0.2) is 0 Å². The summed E-state index contributed by atoms with van der Waals surface area (Å²) in [7, 11) is 0. The highest BCUT2D eigenvalue weighted by atomic mass is 35.5. The van der Waals surface area contributed by atoms with Crippen molar-refractivity contribution in [3.05, 3.63) is 47.2 Å². The minimum absolute atomic E-state index is 0.100. The van der Waals surface area contributed by atoms with Crippen LogP contribution in [0.3, 0.4) is 0 Å². The highest BCUT2D eigenvalue weighted by Crippen LogP contribution is 2.13. The van der Waals surface area contributed by atoms with Crippen LogP contribution in [0.5, 0.6) is 0 Å². The zero-order valence-corrected chi connectivity index (χ0v) is 11.1. The van der Waals surface area contributed by atoms with Crippen LogP contribution in [0.15, 0.2) is 36.7 Å². The van der Waals surface area contributed by atoms with E-state index in [0.717, 1.165) is 5.69 Å². The summed E-state index contributed by atoms with van der Waals surface area (Å²) in [6.07, 6.45) is 3.11. The lowest BCUT2D eigenvalue weighted by molar-refractivity contribution is 0.0922. The number of nitrogens with one attached hydrogen (secondary N) is 1. The second kappa shape index (κ2) is 5.86. The fourth-order valence-electron chi connectivity index (χ4n) is 1.53. The SMILES string of the molecule is CC(CO)NC(=O)c1cnn(-c2ccc(Cl)cc2)c1. The van der Waals surface area contributed by atoms with Gasteiger partial charge in [-0.05, 0) is 31.2 Å². The van der Waals surface area contributed by atoms with Gasteiger partial charge in [0.25, 0.3) is 5.91 Å². The molecule has 1 aromatic carbocycles.